The third-order valence-electron chi connectivity index (χ3n) is 4.28. The van der Waals surface area contributed by atoms with Crippen LogP contribution in [0.1, 0.15) is 51.9 Å². The molecule has 1 heterocycles. The average Bonchev–Trinajstić information content (AvgIpc) is 3.03. The molecule has 0 spiro atoms. The Balaban J connectivity index is 1.98. The molecule has 0 radical (unpaired) electrons. The summed E-state index contributed by atoms with van der Waals surface area (Å²) in [5, 5.41) is 0. The summed E-state index contributed by atoms with van der Waals surface area (Å²) in [6.45, 7) is 10.1. The van der Waals surface area contributed by atoms with E-state index < -0.39 is 0 Å². The van der Waals surface area contributed by atoms with Crippen molar-refractivity contribution in [2.45, 2.75) is 53.5 Å². The van der Waals surface area contributed by atoms with Crippen molar-refractivity contribution in [1.82, 2.24) is 4.90 Å². The molecule has 3 nitrogen and oxygen atoms in total. The van der Waals surface area contributed by atoms with Crippen molar-refractivity contribution in [3.05, 3.63) is 60.1 Å². The SMILES string of the molecule is C[C@H](CC(=O)N(CCc1ccccc1)Cc1ccco1)CC(C)(C)C. The zero-order valence-corrected chi connectivity index (χ0v) is 16.0. The first-order chi connectivity index (χ1) is 11.8. The van der Waals surface area contributed by atoms with Gasteiger partial charge in [0, 0.05) is 13.0 Å². The summed E-state index contributed by atoms with van der Waals surface area (Å²) < 4.78 is 5.46. The fourth-order valence-corrected chi connectivity index (χ4v) is 3.34. The van der Waals surface area contributed by atoms with Crippen molar-refractivity contribution in [2.75, 3.05) is 6.54 Å². The standard InChI is InChI=1S/C22H31NO2/c1-18(16-22(2,3)4)15-21(24)23(17-20-11-8-14-25-20)13-12-19-9-6-5-7-10-19/h5-11,14,18H,12-13,15-17H2,1-4H3/t18-/m1/s1. The van der Waals surface area contributed by atoms with Gasteiger partial charge in [0.15, 0.2) is 0 Å². The summed E-state index contributed by atoms with van der Waals surface area (Å²) in [6.07, 6.45) is 4.16. The van der Waals surface area contributed by atoms with E-state index in [1.54, 1.807) is 6.26 Å². The minimum Gasteiger partial charge on any atom is -0.467 e. The van der Waals surface area contributed by atoms with Crippen LogP contribution < -0.4 is 0 Å². The molecule has 0 aliphatic rings. The van der Waals surface area contributed by atoms with Gasteiger partial charge < -0.3 is 9.32 Å². The second-order valence-electron chi connectivity index (χ2n) is 8.20. The highest BCUT2D eigenvalue weighted by atomic mass is 16.3. The molecule has 3 heteroatoms. The Morgan fingerprint density at radius 1 is 1.12 bits per heavy atom. The van der Waals surface area contributed by atoms with Crippen LogP contribution in [0.15, 0.2) is 53.1 Å². The van der Waals surface area contributed by atoms with Gasteiger partial charge in [0.1, 0.15) is 5.76 Å². The molecule has 0 N–H and O–H groups in total. The Morgan fingerprint density at radius 2 is 1.84 bits per heavy atom. The number of hydrogen-bond acceptors (Lipinski definition) is 2. The number of carbonyl (C=O) groups excluding carboxylic acids is 1. The molecule has 1 atom stereocenters. The number of hydrogen-bond donors (Lipinski definition) is 0. The maximum Gasteiger partial charge on any atom is 0.223 e. The zero-order valence-electron chi connectivity index (χ0n) is 16.0. The van der Waals surface area contributed by atoms with Crippen LogP contribution in [0.25, 0.3) is 0 Å². The van der Waals surface area contributed by atoms with Crippen molar-refractivity contribution in [3.8, 4) is 0 Å². The first-order valence-electron chi connectivity index (χ1n) is 9.17. The van der Waals surface area contributed by atoms with Gasteiger partial charge in [-0.25, -0.2) is 0 Å². The highest BCUT2D eigenvalue weighted by Crippen LogP contribution is 2.26. The molecular weight excluding hydrogens is 310 g/mol. The number of benzene rings is 1. The lowest BCUT2D eigenvalue weighted by Crippen LogP contribution is -2.33. The normalized spacial score (nSPS) is 12.8. The van der Waals surface area contributed by atoms with Crippen LogP contribution in [-0.4, -0.2) is 17.4 Å². The molecule has 0 saturated carbocycles. The topological polar surface area (TPSA) is 33.5 Å². The molecule has 2 rings (SSSR count). The Kier molecular flexibility index (Phi) is 6.86. The predicted molar refractivity (Wildman–Crippen MR) is 102 cm³/mol. The van der Waals surface area contributed by atoms with Crippen LogP contribution in [0.2, 0.25) is 0 Å². The van der Waals surface area contributed by atoms with Gasteiger partial charge in [0.25, 0.3) is 0 Å². The Hall–Kier alpha value is -2.03. The number of nitrogens with zero attached hydrogens (tertiary/aromatic N) is 1. The molecular formula is C22H31NO2. The fraction of sp³-hybridized carbons (Fsp3) is 0.500. The van der Waals surface area contributed by atoms with Gasteiger partial charge in [-0.1, -0.05) is 58.0 Å². The van der Waals surface area contributed by atoms with Gasteiger partial charge in [0.05, 0.1) is 12.8 Å². The van der Waals surface area contributed by atoms with E-state index in [9.17, 15) is 4.79 Å². The third kappa shape index (κ3) is 7.16. The van der Waals surface area contributed by atoms with Gasteiger partial charge in [-0.2, -0.15) is 0 Å². The van der Waals surface area contributed by atoms with Crippen LogP contribution in [0.4, 0.5) is 0 Å². The maximum absolute atomic E-state index is 12.9. The van der Waals surface area contributed by atoms with Crippen molar-refractivity contribution in [3.63, 3.8) is 0 Å². The van der Waals surface area contributed by atoms with E-state index in [1.807, 2.05) is 35.2 Å². The number of carbonyl (C=O) groups is 1. The van der Waals surface area contributed by atoms with Crippen molar-refractivity contribution in [2.24, 2.45) is 11.3 Å². The first kappa shape index (κ1) is 19.3. The minimum atomic E-state index is 0.212. The molecule has 1 aromatic heterocycles. The van der Waals surface area contributed by atoms with Crippen LogP contribution in [-0.2, 0) is 17.8 Å². The number of furan rings is 1. The van der Waals surface area contributed by atoms with E-state index in [1.165, 1.54) is 5.56 Å². The lowest BCUT2D eigenvalue weighted by Gasteiger charge is -2.26. The highest BCUT2D eigenvalue weighted by Gasteiger charge is 2.21. The van der Waals surface area contributed by atoms with Gasteiger partial charge in [-0.05, 0) is 41.9 Å². The van der Waals surface area contributed by atoms with Gasteiger partial charge in [-0.15, -0.1) is 0 Å². The second-order valence-corrected chi connectivity index (χ2v) is 8.20. The van der Waals surface area contributed by atoms with Gasteiger partial charge >= 0.3 is 0 Å². The molecule has 0 saturated heterocycles. The molecule has 0 bridgehead atoms. The minimum absolute atomic E-state index is 0.212. The summed E-state index contributed by atoms with van der Waals surface area (Å²) in [4.78, 5) is 14.8. The largest absolute Gasteiger partial charge is 0.467 e. The van der Waals surface area contributed by atoms with Gasteiger partial charge in [0.2, 0.25) is 5.91 Å². The van der Waals surface area contributed by atoms with E-state index in [4.69, 9.17) is 4.42 Å². The average molecular weight is 341 g/mol. The molecule has 2 aromatic rings. The van der Waals surface area contributed by atoms with E-state index in [0.29, 0.717) is 25.4 Å². The molecule has 0 aliphatic heterocycles. The predicted octanol–water partition coefficient (Wildman–Crippen LogP) is 5.31. The summed E-state index contributed by atoms with van der Waals surface area (Å²) in [5.41, 5.74) is 1.50. The maximum atomic E-state index is 12.9. The van der Waals surface area contributed by atoms with Gasteiger partial charge in [-0.3, -0.25) is 4.79 Å². The third-order valence-corrected chi connectivity index (χ3v) is 4.28. The highest BCUT2D eigenvalue weighted by molar-refractivity contribution is 5.76. The molecule has 25 heavy (non-hydrogen) atoms. The summed E-state index contributed by atoms with van der Waals surface area (Å²) >= 11 is 0. The Bertz CT molecular complexity index is 626. The van der Waals surface area contributed by atoms with E-state index in [0.717, 1.165) is 18.6 Å². The van der Waals surface area contributed by atoms with E-state index >= 15 is 0 Å². The van der Waals surface area contributed by atoms with Crippen molar-refractivity contribution < 1.29 is 9.21 Å². The van der Waals surface area contributed by atoms with E-state index in [2.05, 4.69) is 39.8 Å². The summed E-state index contributed by atoms with van der Waals surface area (Å²) in [5.74, 6) is 1.43. The summed E-state index contributed by atoms with van der Waals surface area (Å²) in [6, 6.07) is 14.1. The number of rotatable bonds is 8. The second kappa shape index (κ2) is 8.89. The zero-order chi connectivity index (χ0) is 18.3. The van der Waals surface area contributed by atoms with Crippen molar-refractivity contribution >= 4 is 5.91 Å². The number of amides is 1. The van der Waals surface area contributed by atoms with Crippen LogP contribution in [0, 0.1) is 11.3 Å². The molecule has 0 unspecified atom stereocenters. The molecule has 0 fully saturated rings. The lowest BCUT2D eigenvalue weighted by atomic mass is 9.84. The molecule has 1 aromatic carbocycles. The Morgan fingerprint density at radius 3 is 2.44 bits per heavy atom. The quantitative estimate of drug-likeness (QED) is 0.651. The Labute approximate surface area is 152 Å². The van der Waals surface area contributed by atoms with E-state index in [-0.39, 0.29) is 11.3 Å². The monoisotopic (exact) mass is 341 g/mol. The van der Waals surface area contributed by atoms with Crippen LogP contribution in [0.5, 0.6) is 0 Å². The molecule has 1 amide bonds. The van der Waals surface area contributed by atoms with Crippen LogP contribution >= 0.6 is 0 Å². The smallest absolute Gasteiger partial charge is 0.223 e. The van der Waals surface area contributed by atoms with Crippen molar-refractivity contribution in [1.29, 1.82) is 0 Å². The molecule has 136 valence electrons. The fourth-order valence-electron chi connectivity index (χ4n) is 3.34. The summed E-state index contributed by atoms with van der Waals surface area (Å²) in [7, 11) is 0. The van der Waals surface area contributed by atoms with Crippen LogP contribution in [0.3, 0.4) is 0 Å². The molecule has 0 aliphatic carbocycles. The first-order valence-corrected chi connectivity index (χ1v) is 9.17. The lowest BCUT2D eigenvalue weighted by molar-refractivity contribution is -0.133.